The number of aromatic nitrogens is 2. The smallest absolute Gasteiger partial charge is 0.261 e. The van der Waals surface area contributed by atoms with Crippen molar-refractivity contribution < 1.29 is 17.6 Å². The van der Waals surface area contributed by atoms with Gasteiger partial charge in [-0.25, -0.2) is 12.8 Å². The van der Waals surface area contributed by atoms with Gasteiger partial charge in [0.15, 0.2) is 5.82 Å². The minimum Gasteiger partial charge on any atom is -0.300 e. The summed E-state index contributed by atoms with van der Waals surface area (Å²) in [6.07, 6.45) is 0.0885. The van der Waals surface area contributed by atoms with E-state index in [4.69, 9.17) is 0 Å². The predicted octanol–water partition coefficient (Wildman–Crippen LogP) is 4.33. The monoisotopic (exact) mass is 468 g/mol. The lowest BCUT2D eigenvalue weighted by atomic mass is 10.1. The second-order valence-corrected chi connectivity index (χ2v) is 9.20. The third-order valence-corrected chi connectivity index (χ3v) is 6.43. The molecule has 3 aromatic carbocycles. The Morgan fingerprint density at radius 2 is 1.62 bits per heavy atom. The Morgan fingerprint density at radius 3 is 2.31 bits per heavy atom. The highest BCUT2D eigenvalue weighted by Crippen LogP contribution is 2.21. The van der Waals surface area contributed by atoms with Crippen molar-refractivity contribution in [3.05, 3.63) is 90.2 Å². The van der Waals surface area contributed by atoms with Gasteiger partial charge >= 0.3 is 0 Å². The number of hydrogen-bond donors (Lipinski definition) is 2. The van der Waals surface area contributed by atoms with E-state index in [0.717, 1.165) is 29.2 Å². The summed E-state index contributed by atoms with van der Waals surface area (Å²) in [6.45, 7) is 0. The molecule has 0 fully saturated rings. The molecule has 162 valence electrons. The molecule has 1 aromatic heterocycles. The van der Waals surface area contributed by atoms with Crippen LogP contribution in [-0.2, 0) is 21.2 Å². The molecule has 0 aliphatic rings. The largest absolute Gasteiger partial charge is 0.300 e. The average molecular weight is 469 g/mol. The molecule has 4 aromatic rings. The molecule has 0 spiro atoms. The fraction of sp³-hybridized carbons (Fsp3) is 0.0455. The van der Waals surface area contributed by atoms with Crippen LogP contribution < -0.4 is 10.0 Å². The maximum absolute atomic E-state index is 13.0. The van der Waals surface area contributed by atoms with Crippen molar-refractivity contribution in [2.45, 2.75) is 11.3 Å². The molecule has 10 heteroatoms. The highest BCUT2D eigenvalue weighted by molar-refractivity contribution is 7.92. The number of carbonyl (C=O) groups excluding carboxylic acids is 1. The number of amides is 1. The number of hydrogen-bond acceptors (Lipinski definition) is 6. The first-order chi connectivity index (χ1) is 15.4. The van der Waals surface area contributed by atoms with E-state index in [9.17, 15) is 17.6 Å². The third-order valence-electron chi connectivity index (χ3n) is 4.40. The van der Waals surface area contributed by atoms with Crippen LogP contribution in [0.3, 0.4) is 0 Å². The van der Waals surface area contributed by atoms with Gasteiger partial charge in [0.2, 0.25) is 11.0 Å². The molecule has 0 aliphatic carbocycles. The van der Waals surface area contributed by atoms with Crippen molar-refractivity contribution in [2.75, 3.05) is 10.0 Å². The Labute approximate surface area is 188 Å². The van der Waals surface area contributed by atoms with Crippen LogP contribution in [0, 0.1) is 5.82 Å². The van der Waals surface area contributed by atoms with Gasteiger partial charge in [-0.2, -0.15) is 9.36 Å². The summed E-state index contributed by atoms with van der Waals surface area (Å²) >= 11 is 1.10. The lowest BCUT2D eigenvalue weighted by Crippen LogP contribution is -2.15. The van der Waals surface area contributed by atoms with Crippen molar-refractivity contribution in [3.63, 3.8) is 0 Å². The van der Waals surface area contributed by atoms with E-state index in [2.05, 4.69) is 19.4 Å². The van der Waals surface area contributed by atoms with Crippen LogP contribution in [0.2, 0.25) is 0 Å². The predicted molar refractivity (Wildman–Crippen MR) is 121 cm³/mol. The molecule has 0 unspecified atom stereocenters. The topological polar surface area (TPSA) is 101 Å². The minimum absolute atomic E-state index is 0.0470. The van der Waals surface area contributed by atoms with Crippen molar-refractivity contribution in [3.8, 4) is 11.4 Å². The van der Waals surface area contributed by atoms with Crippen molar-refractivity contribution in [2.24, 2.45) is 0 Å². The maximum atomic E-state index is 13.0. The number of rotatable bonds is 7. The fourth-order valence-electron chi connectivity index (χ4n) is 2.85. The quantitative estimate of drug-likeness (QED) is 0.421. The van der Waals surface area contributed by atoms with Gasteiger partial charge in [-0.3, -0.25) is 9.52 Å². The van der Waals surface area contributed by atoms with Crippen molar-refractivity contribution in [1.82, 2.24) is 9.36 Å². The molecule has 7 nitrogen and oxygen atoms in total. The van der Waals surface area contributed by atoms with Gasteiger partial charge in [-0.05, 0) is 42.0 Å². The van der Waals surface area contributed by atoms with Crippen LogP contribution in [0.25, 0.3) is 11.4 Å². The standard InChI is InChI=1S/C22H17FN4O3S2/c23-17-8-12-19(13-9-17)32(29,30)27-18-10-6-15(7-11-18)14-20(28)24-22-25-21(26-31-22)16-4-2-1-3-5-16/h1-13,27H,14H2,(H,24,25,26,28). The molecule has 4 rings (SSSR count). The summed E-state index contributed by atoms with van der Waals surface area (Å²) in [6, 6.07) is 20.4. The van der Waals surface area contributed by atoms with E-state index in [-0.39, 0.29) is 17.2 Å². The summed E-state index contributed by atoms with van der Waals surface area (Å²) < 4.78 is 44.4. The molecular formula is C22H17FN4O3S2. The van der Waals surface area contributed by atoms with E-state index in [1.54, 1.807) is 24.3 Å². The van der Waals surface area contributed by atoms with Crippen molar-refractivity contribution >= 4 is 38.3 Å². The number of sulfonamides is 1. The van der Waals surface area contributed by atoms with E-state index in [1.165, 1.54) is 12.1 Å². The van der Waals surface area contributed by atoms with Gasteiger partial charge in [-0.15, -0.1) is 0 Å². The van der Waals surface area contributed by atoms with Crippen LogP contribution in [0.15, 0.2) is 83.8 Å². The molecular weight excluding hydrogens is 451 g/mol. The summed E-state index contributed by atoms with van der Waals surface area (Å²) in [5, 5.41) is 3.12. The number of nitrogens with one attached hydrogen (secondary N) is 2. The molecule has 1 heterocycles. The molecule has 0 saturated heterocycles. The highest BCUT2D eigenvalue weighted by atomic mass is 32.2. The molecule has 0 radical (unpaired) electrons. The molecule has 32 heavy (non-hydrogen) atoms. The zero-order valence-corrected chi connectivity index (χ0v) is 18.2. The molecule has 1 amide bonds. The molecule has 0 atom stereocenters. The van der Waals surface area contributed by atoms with Crippen LogP contribution in [0.4, 0.5) is 15.2 Å². The molecule has 2 N–H and O–H groups in total. The van der Waals surface area contributed by atoms with Crippen LogP contribution >= 0.6 is 11.5 Å². The molecule has 0 saturated carbocycles. The number of benzene rings is 3. The van der Waals surface area contributed by atoms with E-state index in [1.807, 2.05) is 30.3 Å². The van der Waals surface area contributed by atoms with E-state index in [0.29, 0.717) is 22.2 Å². The van der Waals surface area contributed by atoms with Gasteiger partial charge in [0, 0.05) is 22.8 Å². The second kappa shape index (κ2) is 9.25. The Bertz CT molecular complexity index is 1320. The Kier molecular flexibility index (Phi) is 6.24. The Balaban J connectivity index is 1.36. The second-order valence-electron chi connectivity index (χ2n) is 6.77. The number of nitrogens with zero attached hydrogens (tertiary/aromatic N) is 2. The SMILES string of the molecule is O=C(Cc1ccc(NS(=O)(=O)c2ccc(F)cc2)cc1)Nc1nc(-c2ccccc2)ns1. The highest BCUT2D eigenvalue weighted by Gasteiger charge is 2.15. The van der Waals surface area contributed by atoms with Gasteiger partial charge in [0.1, 0.15) is 5.82 Å². The minimum atomic E-state index is -3.84. The molecule has 0 bridgehead atoms. The Hall–Kier alpha value is -3.63. The zero-order chi connectivity index (χ0) is 22.6. The normalized spacial score (nSPS) is 11.2. The van der Waals surface area contributed by atoms with E-state index < -0.39 is 15.8 Å². The lowest BCUT2D eigenvalue weighted by molar-refractivity contribution is -0.115. The van der Waals surface area contributed by atoms with E-state index >= 15 is 0 Å². The van der Waals surface area contributed by atoms with Crippen LogP contribution in [0.1, 0.15) is 5.56 Å². The fourth-order valence-corrected chi connectivity index (χ4v) is 4.51. The Morgan fingerprint density at radius 1 is 0.938 bits per heavy atom. The summed E-state index contributed by atoms with van der Waals surface area (Å²) in [4.78, 5) is 16.6. The lowest BCUT2D eigenvalue weighted by Gasteiger charge is -2.09. The van der Waals surface area contributed by atoms with Gasteiger partial charge in [0.25, 0.3) is 10.0 Å². The van der Waals surface area contributed by atoms with Gasteiger partial charge < -0.3 is 5.32 Å². The van der Waals surface area contributed by atoms with Crippen LogP contribution in [-0.4, -0.2) is 23.7 Å². The number of anilines is 2. The first-order valence-corrected chi connectivity index (χ1v) is 11.7. The first-order valence-electron chi connectivity index (χ1n) is 9.45. The zero-order valence-electron chi connectivity index (χ0n) is 16.5. The summed E-state index contributed by atoms with van der Waals surface area (Å²) in [7, 11) is -3.84. The average Bonchev–Trinajstić information content (AvgIpc) is 3.24. The third kappa shape index (κ3) is 5.34. The molecule has 0 aliphatic heterocycles. The van der Waals surface area contributed by atoms with Crippen molar-refractivity contribution in [1.29, 1.82) is 0 Å². The summed E-state index contributed by atoms with van der Waals surface area (Å²) in [5.41, 5.74) is 1.89. The van der Waals surface area contributed by atoms with Gasteiger partial charge in [-0.1, -0.05) is 42.5 Å². The summed E-state index contributed by atoms with van der Waals surface area (Å²) in [5.74, 6) is -0.236. The van der Waals surface area contributed by atoms with Gasteiger partial charge in [0.05, 0.1) is 11.3 Å². The number of carbonyl (C=O) groups is 1. The van der Waals surface area contributed by atoms with Crippen LogP contribution in [0.5, 0.6) is 0 Å². The first kappa shape index (κ1) is 21.6. The number of halogens is 1. The maximum Gasteiger partial charge on any atom is 0.261 e.